The zero-order valence-corrected chi connectivity index (χ0v) is 11.2. The Bertz CT molecular complexity index is 593. The van der Waals surface area contributed by atoms with Gasteiger partial charge in [-0.25, -0.2) is 0 Å². The molecule has 1 aromatic rings. The lowest BCUT2D eigenvalue weighted by molar-refractivity contribution is -0.137. The molecule has 0 spiro atoms. The van der Waals surface area contributed by atoms with Crippen LogP contribution in [0.5, 0.6) is 5.75 Å². The van der Waals surface area contributed by atoms with Gasteiger partial charge in [-0.2, -0.15) is 0 Å². The van der Waals surface area contributed by atoms with E-state index in [9.17, 15) is 14.4 Å². The Morgan fingerprint density at radius 3 is 2.80 bits per heavy atom. The Kier molecular flexibility index (Phi) is 3.74. The lowest BCUT2D eigenvalue weighted by Crippen LogP contribution is -2.26. The number of fused-ring (bicyclic) bond motifs is 1. The number of ether oxygens (including phenoxy) is 1. The van der Waals surface area contributed by atoms with Crippen molar-refractivity contribution in [1.82, 2.24) is 0 Å². The smallest absolute Gasteiger partial charge is 0.304 e. The summed E-state index contributed by atoms with van der Waals surface area (Å²) in [5.41, 5.74) is 1.54. The molecule has 1 heterocycles. The molecule has 0 aliphatic carbocycles. The van der Waals surface area contributed by atoms with Crippen molar-refractivity contribution in [2.45, 2.75) is 20.3 Å². The summed E-state index contributed by atoms with van der Waals surface area (Å²) in [5, 5.41) is 11.4. The number of rotatable bonds is 4. The van der Waals surface area contributed by atoms with Crippen LogP contribution < -0.4 is 10.1 Å². The van der Waals surface area contributed by atoms with Crippen molar-refractivity contribution in [3.8, 4) is 5.75 Å². The maximum absolute atomic E-state index is 12.3. The fourth-order valence-electron chi connectivity index (χ4n) is 2.11. The lowest BCUT2D eigenvalue weighted by Gasteiger charge is -2.20. The predicted molar refractivity (Wildman–Crippen MR) is 71.1 cm³/mol. The molecule has 6 nitrogen and oxygen atoms in total. The van der Waals surface area contributed by atoms with Gasteiger partial charge >= 0.3 is 5.97 Å². The summed E-state index contributed by atoms with van der Waals surface area (Å²) in [6.45, 7) is 3.28. The monoisotopic (exact) mass is 277 g/mol. The fraction of sp³-hybridized carbons (Fsp3) is 0.357. The van der Waals surface area contributed by atoms with E-state index in [4.69, 9.17) is 9.84 Å². The second-order valence-electron chi connectivity index (χ2n) is 4.86. The zero-order chi connectivity index (χ0) is 14.9. The van der Waals surface area contributed by atoms with Crippen LogP contribution in [0.3, 0.4) is 0 Å². The molecule has 0 saturated carbocycles. The Morgan fingerprint density at radius 2 is 2.15 bits per heavy atom. The summed E-state index contributed by atoms with van der Waals surface area (Å²) < 4.78 is 5.26. The summed E-state index contributed by atoms with van der Waals surface area (Å²) in [7, 11) is 0. The maximum Gasteiger partial charge on any atom is 0.304 e. The van der Waals surface area contributed by atoms with Gasteiger partial charge in [0.15, 0.2) is 12.4 Å². The van der Waals surface area contributed by atoms with E-state index in [1.54, 1.807) is 26.0 Å². The van der Waals surface area contributed by atoms with Crippen LogP contribution in [0.25, 0.3) is 0 Å². The van der Waals surface area contributed by atoms with Crippen molar-refractivity contribution in [1.29, 1.82) is 0 Å². The standard InChI is InChI=1S/C14H15NO5/c1-7-3-11-10(15-12(16)6-20-11)5-9(7)14(19)8(2)4-13(17)18/h3,5,8H,4,6H2,1-2H3,(H,15,16)(H,17,18). The molecule has 106 valence electrons. The molecule has 0 aromatic heterocycles. The van der Waals surface area contributed by atoms with Crippen molar-refractivity contribution in [2.75, 3.05) is 11.9 Å². The molecule has 1 aliphatic rings. The second-order valence-corrected chi connectivity index (χ2v) is 4.86. The normalized spacial score (nSPS) is 14.8. The van der Waals surface area contributed by atoms with Gasteiger partial charge < -0.3 is 15.2 Å². The second kappa shape index (κ2) is 5.32. The molecule has 2 rings (SSSR count). The highest BCUT2D eigenvalue weighted by Crippen LogP contribution is 2.32. The number of carboxylic acid groups (broad SMARTS) is 1. The van der Waals surface area contributed by atoms with Gasteiger partial charge in [-0.3, -0.25) is 14.4 Å². The molecule has 1 amide bonds. The molecule has 1 aliphatic heterocycles. The molecule has 2 N–H and O–H groups in total. The summed E-state index contributed by atoms with van der Waals surface area (Å²) in [5.74, 6) is -1.65. The number of anilines is 1. The van der Waals surface area contributed by atoms with E-state index in [1.807, 2.05) is 0 Å². The summed E-state index contributed by atoms with van der Waals surface area (Å²) in [6.07, 6.45) is -0.224. The largest absolute Gasteiger partial charge is 0.482 e. The summed E-state index contributed by atoms with van der Waals surface area (Å²) in [6, 6.07) is 3.22. The fourth-order valence-corrected chi connectivity index (χ4v) is 2.11. The predicted octanol–water partition coefficient (Wildman–Crippen LogP) is 1.62. The number of hydrogen-bond donors (Lipinski definition) is 2. The first-order chi connectivity index (χ1) is 9.38. The van der Waals surface area contributed by atoms with Gasteiger partial charge in [0.2, 0.25) is 0 Å². The third-order valence-corrected chi connectivity index (χ3v) is 3.15. The highest BCUT2D eigenvalue weighted by Gasteiger charge is 2.23. The van der Waals surface area contributed by atoms with Crippen LogP contribution in [0.4, 0.5) is 5.69 Å². The van der Waals surface area contributed by atoms with E-state index in [0.29, 0.717) is 22.6 Å². The minimum atomic E-state index is -1.02. The number of carboxylic acids is 1. The van der Waals surface area contributed by atoms with Gasteiger partial charge in [0, 0.05) is 11.5 Å². The van der Waals surface area contributed by atoms with E-state index in [-0.39, 0.29) is 24.7 Å². The first-order valence-electron chi connectivity index (χ1n) is 6.21. The van der Waals surface area contributed by atoms with Gasteiger partial charge in [0.25, 0.3) is 5.91 Å². The quantitative estimate of drug-likeness (QED) is 0.816. The summed E-state index contributed by atoms with van der Waals surface area (Å²) in [4.78, 5) is 34.2. The van der Waals surface area contributed by atoms with Crippen molar-refractivity contribution in [3.05, 3.63) is 23.3 Å². The Balaban J connectivity index is 2.32. The number of hydrogen-bond acceptors (Lipinski definition) is 4. The number of Topliss-reactive ketones (excluding diaryl/α,β-unsaturated/α-hetero) is 1. The average molecular weight is 277 g/mol. The van der Waals surface area contributed by atoms with E-state index in [0.717, 1.165) is 0 Å². The molecule has 0 bridgehead atoms. The van der Waals surface area contributed by atoms with Crippen molar-refractivity contribution < 1.29 is 24.2 Å². The van der Waals surface area contributed by atoms with Crippen LogP contribution in [-0.4, -0.2) is 29.4 Å². The molecule has 20 heavy (non-hydrogen) atoms. The Hall–Kier alpha value is -2.37. The topological polar surface area (TPSA) is 92.7 Å². The summed E-state index contributed by atoms with van der Waals surface area (Å²) >= 11 is 0. The van der Waals surface area contributed by atoms with Crippen LogP contribution in [0.2, 0.25) is 0 Å². The number of ketones is 1. The highest BCUT2D eigenvalue weighted by atomic mass is 16.5. The number of carbonyl (C=O) groups excluding carboxylic acids is 2. The van der Waals surface area contributed by atoms with Crippen molar-refractivity contribution >= 4 is 23.3 Å². The maximum atomic E-state index is 12.3. The van der Waals surface area contributed by atoms with Gasteiger partial charge in [0.05, 0.1) is 12.1 Å². The third kappa shape index (κ3) is 2.79. The molecular formula is C14H15NO5. The molecule has 1 atom stereocenters. The minimum Gasteiger partial charge on any atom is -0.482 e. The number of carbonyl (C=O) groups is 3. The third-order valence-electron chi connectivity index (χ3n) is 3.15. The van der Waals surface area contributed by atoms with Crippen molar-refractivity contribution in [2.24, 2.45) is 5.92 Å². The Morgan fingerprint density at radius 1 is 1.45 bits per heavy atom. The number of aliphatic carboxylic acids is 1. The van der Waals surface area contributed by atoms with Crippen LogP contribution in [-0.2, 0) is 9.59 Å². The number of aryl methyl sites for hydroxylation is 1. The number of benzene rings is 1. The minimum absolute atomic E-state index is 0.0465. The lowest BCUT2D eigenvalue weighted by atomic mass is 9.93. The molecule has 0 fully saturated rings. The molecule has 0 radical (unpaired) electrons. The van der Waals surface area contributed by atoms with Crippen LogP contribution in [0, 0.1) is 12.8 Å². The first-order valence-corrected chi connectivity index (χ1v) is 6.21. The molecule has 6 heteroatoms. The Labute approximate surface area is 115 Å². The van der Waals surface area contributed by atoms with Crippen LogP contribution in [0.1, 0.15) is 29.3 Å². The zero-order valence-electron chi connectivity index (χ0n) is 11.2. The van der Waals surface area contributed by atoms with Gasteiger partial charge in [-0.05, 0) is 24.6 Å². The first kappa shape index (κ1) is 14.0. The van der Waals surface area contributed by atoms with Crippen molar-refractivity contribution in [3.63, 3.8) is 0 Å². The SMILES string of the molecule is Cc1cc2c(cc1C(=O)C(C)CC(=O)O)NC(=O)CO2. The van der Waals surface area contributed by atoms with E-state index >= 15 is 0 Å². The average Bonchev–Trinajstić information content (AvgIpc) is 2.36. The molecule has 1 unspecified atom stereocenters. The van der Waals surface area contributed by atoms with Gasteiger partial charge in [0.1, 0.15) is 5.75 Å². The van der Waals surface area contributed by atoms with Gasteiger partial charge in [-0.1, -0.05) is 6.92 Å². The van der Waals surface area contributed by atoms with E-state index in [1.165, 1.54) is 0 Å². The van der Waals surface area contributed by atoms with Gasteiger partial charge in [-0.15, -0.1) is 0 Å². The van der Waals surface area contributed by atoms with Crippen LogP contribution in [0.15, 0.2) is 12.1 Å². The number of nitrogens with one attached hydrogen (secondary N) is 1. The molecule has 0 saturated heterocycles. The highest BCUT2D eigenvalue weighted by molar-refractivity contribution is 6.03. The van der Waals surface area contributed by atoms with E-state index in [2.05, 4.69) is 5.32 Å². The molecular weight excluding hydrogens is 262 g/mol. The van der Waals surface area contributed by atoms with Crippen LogP contribution >= 0.6 is 0 Å². The number of amides is 1. The molecule has 1 aromatic carbocycles. The van der Waals surface area contributed by atoms with E-state index < -0.39 is 11.9 Å².